The van der Waals surface area contributed by atoms with E-state index in [1.165, 1.54) is 19.3 Å². The largest absolute Gasteiger partial charge is 0.500 e. The van der Waals surface area contributed by atoms with E-state index < -0.39 is 17.6 Å². The first-order valence-electron chi connectivity index (χ1n) is 9.31. The van der Waals surface area contributed by atoms with Crippen molar-refractivity contribution >= 4 is 17.6 Å². The van der Waals surface area contributed by atoms with Crippen molar-refractivity contribution in [2.24, 2.45) is 23.7 Å². The van der Waals surface area contributed by atoms with Crippen molar-refractivity contribution < 1.29 is 26.6 Å². The lowest BCUT2D eigenvalue weighted by atomic mass is 9.80. The number of hydrogen-bond donors (Lipinski definition) is 0. The van der Waals surface area contributed by atoms with Gasteiger partial charge in [-0.3, -0.25) is 0 Å². The van der Waals surface area contributed by atoms with Gasteiger partial charge in [-0.1, -0.05) is 0 Å². The van der Waals surface area contributed by atoms with Gasteiger partial charge in [-0.05, 0) is 55.8 Å². The summed E-state index contributed by atoms with van der Waals surface area (Å²) in [5.74, 6) is 3.28. The Morgan fingerprint density at radius 2 is 0.880 bits per heavy atom. The first kappa shape index (κ1) is 21.5. The Morgan fingerprint density at radius 3 is 1.12 bits per heavy atom. The quantitative estimate of drug-likeness (QED) is 0.476. The zero-order valence-electron chi connectivity index (χ0n) is 16.7. The lowest BCUT2D eigenvalue weighted by Crippen LogP contribution is -2.43. The molecule has 0 aromatic heterocycles. The zero-order chi connectivity index (χ0) is 18.5. The fraction of sp³-hybridized carbons (Fsp3) is 1.00. The molecule has 0 spiro atoms. The molecule has 0 aromatic rings. The van der Waals surface area contributed by atoms with Crippen molar-refractivity contribution in [2.45, 2.75) is 44.2 Å². The Hall–Kier alpha value is 0.194. The highest BCUT2D eigenvalue weighted by Crippen LogP contribution is 2.55. The molecule has 148 valence electrons. The second kappa shape index (κ2) is 9.41. The molecule has 8 heteroatoms. The summed E-state index contributed by atoms with van der Waals surface area (Å²) in [6, 6.07) is 1.84. The summed E-state index contributed by atoms with van der Waals surface area (Å²) in [5, 5.41) is 0. The van der Waals surface area contributed by atoms with E-state index in [1.807, 2.05) is 0 Å². The van der Waals surface area contributed by atoms with E-state index >= 15 is 0 Å². The smallest absolute Gasteiger partial charge is 0.377 e. The molecule has 25 heavy (non-hydrogen) atoms. The Kier molecular flexibility index (Phi) is 8.09. The van der Waals surface area contributed by atoms with Crippen LogP contribution in [-0.2, 0) is 26.6 Å². The molecule has 0 heterocycles. The minimum atomic E-state index is -2.43. The van der Waals surface area contributed by atoms with E-state index in [4.69, 9.17) is 26.6 Å². The molecule has 2 aliphatic carbocycles. The lowest BCUT2D eigenvalue weighted by molar-refractivity contribution is 0.115. The topological polar surface area (TPSA) is 55.4 Å². The van der Waals surface area contributed by atoms with Crippen LogP contribution < -0.4 is 0 Å². The fourth-order valence-electron chi connectivity index (χ4n) is 5.06. The van der Waals surface area contributed by atoms with E-state index in [-0.39, 0.29) is 0 Å². The Balaban J connectivity index is 1.80. The van der Waals surface area contributed by atoms with Crippen LogP contribution in [0.2, 0.25) is 12.1 Å². The molecule has 0 N–H and O–H groups in total. The predicted molar refractivity (Wildman–Crippen MR) is 100 cm³/mol. The summed E-state index contributed by atoms with van der Waals surface area (Å²) in [7, 11) is 5.36. The van der Waals surface area contributed by atoms with Crippen LogP contribution in [0.1, 0.15) is 32.1 Å². The van der Waals surface area contributed by atoms with Gasteiger partial charge >= 0.3 is 17.6 Å². The molecule has 0 amide bonds. The van der Waals surface area contributed by atoms with Gasteiger partial charge in [0.05, 0.1) is 0 Å². The van der Waals surface area contributed by atoms with Crippen LogP contribution in [0.4, 0.5) is 0 Å². The van der Waals surface area contributed by atoms with Crippen molar-refractivity contribution in [2.75, 3.05) is 42.7 Å². The molecule has 6 nitrogen and oxygen atoms in total. The summed E-state index contributed by atoms with van der Waals surface area (Å²) in [4.78, 5) is 0. The Labute approximate surface area is 155 Å². The molecule has 0 aliphatic heterocycles. The standard InChI is InChI=1S/C17H36O6Si2/c1-18-24(19-2,20-3)9-7-14-11-17-13-16(14)12-15(17)8-10-25(21-4,22-5)23-6/h14-17H,7-13H2,1-6H3. The monoisotopic (exact) mass is 392 g/mol. The van der Waals surface area contributed by atoms with Gasteiger partial charge in [0.1, 0.15) is 0 Å². The molecular formula is C17H36O6Si2. The normalized spacial score (nSPS) is 29.5. The molecule has 2 aliphatic rings. The average molecular weight is 393 g/mol. The molecule has 4 atom stereocenters. The summed E-state index contributed by atoms with van der Waals surface area (Å²) in [6.07, 6.45) is 6.35. The van der Waals surface area contributed by atoms with E-state index in [0.29, 0.717) is 0 Å². The zero-order valence-corrected chi connectivity index (χ0v) is 18.7. The van der Waals surface area contributed by atoms with Gasteiger partial charge in [0.15, 0.2) is 0 Å². The highest BCUT2D eigenvalue weighted by molar-refractivity contribution is 6.60. The third kappa shape index (κ3) is 4.73. The van der Waals surface area contributed by atoms with E-state index in [2.05, 4.69) is 0 Å². The molecule has 2 bridgehead atoms. The second-order valence-electron chi connectivity index (χ2n) is 7.42. The van der Waals surface area contributed by atoms with Crippen LogP contribution in [0.15, 0.2) is 0 Å². The SMILES string of the molecule is CO[Si](CCC1CC2CC1CC2CC[Si](OC)(OC)OC)(OC)OC. The Bertz CT molecular complexity index is 350. The fourth-order valence-corrected chi connectivity index (χ4v) is 8.73. The third-order valence-corrected chi connectivity index (χ3v) is 12.2. The van der Waals surface area contributed by atoms with Crippen LogP contribution in [0.25, 0.3) is 0 Å². The van der Waals surface area contributed by atoms with Gasteiger partial charge in [-0.2, -0.15) is 0 Å². The van der Waals surface area contributed by atoms with Gasteiger partial charge < -0.3 is 26.6 Å². The minimum Gasteiger partial charge on any atom is -0.377 e. The molecule has 0 radical (unpaired) electrons. The van der Waals surface area contributed by atoms with E-state index in [0.717, 1.165) is 48.6 Å². The van der Waals surface area contributed by atoms with Crippen molar-refractivity contribution in [3.63, 3.8) is 0 Å². The highest BCUT2D eigenvalue weighted by Gasteiger charge is 2.48. The summed E-state index contributed by atoms with van der Waals surface area (Å²) in [6.45, 7) is 0. The second-order valence-corrected chi connectivity index (χ2v) is 13.6. The molecule has 4 unspecified atom stereocenters. The van der Waals surface area contributed by atoms with Crippen LogP contribution in [0, 0.1) is 23.7 Å². The van der Waals surface area contributed by atoms with Crippen LogP contribution in [0.5, 0.6) is 0 Å². The van der Waals surface area contributed by atoms with Crippen LogP contribution in [0.3, 0.4) is 0 Å². The molecule has 2 saturated carbocycles. The van der Waals surface area contributed by atoms with Gasteiger partial charge in [0.2, 0.25) is 0 Å². The third-order valence-electron chi connectivity index (χ3n) is 6.66. The summed E-state index contributed by atoms with van der Waals surface area (Å²) < 4.78 is 33.4. The maximum atomic E-state index is 5.57. The number of rotatable bonds is 12. The number of fused-ring (bicyclic) bond motifs is 2. The first-order chi connectivity index (χ1) is 12.0. The van der Waals surface area contributed by atoms with Gasteiger partial charge in [-0.15, -0.1) is 0 Å². The minimum absolute atomic E-state index is 0.794. The van der Waals surface area contributed by atoms with E-state index in [9.17, 15) is 0 Å². The maximum Gasteiger partial charge on any atom is 0.500 e. The van der Waals surface area contributed by atoms with Crippen molar-refractivity contribution in [1.82, 2.24) is 0 Å². The van der Waals surface area contributed by atoms with Crippen molar-refractivity contribution in [1.29, 1.82) is 0 Å². The average Bonchev–Trinajstić information content (AvgIpc) is 3.25. The molecule has 0 saturated heterocycles. The van der Waals surface area contributed by atoms with Crippen molar-refractivity contribution in [3.8, 4) is 0 Å². The van der Waals surface area contributed by atoms with Gasteiger partial charge in [0.25, 0.3) is 0 Å². The van der Waals surface area contributed by atoms with E-state index in [1.54, 1.807) is 42.7 Å². The first-order valence-corrected chi connectivity index (χ1v) is 13.2. The molecule has 2 fully saturated rings. The highest BCUT2D eigenvalue weighted by atomic mass is 28.4. The van der Waals surface area contributed by atoms with Gasteiger partial charge in [-0.25, -0.2) is 0 Å². The van der Waals surface area contributed by atoms with Crippen LogP contribution in [-0.4, -0.2) is 60.3 Å². The molecular weight excluding hydrogens is 356 g/mol. The lowest BCUT2D eigenvalue weighted by Gasteiger charge is -2.32. The Morgan fingerprint density at radius 1 is 0.560 bits per heavy atom. The summed E-state index contributed by atoms with van der Waals surface area (Å²) >= 11 is 0. The van der Waals surface area contributed by atoms with Gasteiger partial charge in [0, 0.05) is 54.7 Å². The number of hydrogen-bond acceptors (Lipinski definition) is 6. The summed E-state index contributed by atoms with van der Waals surface area (Å²) in [5.41, 5.74) is 0. The predicted octanol–water partition coefficient (Wildman–Crippen LogP) is 3.19. The van der Waals surface area contributed by atoms with Crippen LogP contribution >= 0.6 is 0 Å². The van der Waals surface area contributed by atoms with Crippen molar-refractivity contribution in [3.05, 3.63) is 0 Å². The molecule has 2 rings (SSSR count). The molecule has 0 aromatic carbocycles. The maximum absolute atomic E-state index is 5.57.